The molecule has 2 aromatic rings. The van der Waals surface area contributed by atoms with E-state index in [-0.39, 0.29) is 30.1 Å². The lowest BCUT2D eigenvalue weighted by molar-refractivity contribution is -0.117. The Balaban J connectivity index is 0.00000210. The Morgan fingerprint density at radius 1 is 1.11 bits per heavy atom. The van der Waals surface area contributed by atoms with Gasteiger partial charge in [-0.15, -0.1) is 12.4 Å². The van der Waals surface area contributed by atoms with Crippen molar-refractivity contribution in [2.24, 2.45) is 11.8 Å². The van der Waals surface area contributed by atoms with Gasteiger partial charge in [-0.3, -0.25) is 9.59 Å². The van der Waals surface area contributed by atoms with E-state index in [1.54, 1.807) is 18.2 Å². The molecule has 5 nitrogen and oxygen atoms in total. The quantitative estimate of drug-likeness (QED) is 0.740. The van der Waals surface area contributed by atoms with Gasteiger partial charge >= 0.3 is 0 Å². The van der Waals surface area contributed by atoms with Crippen LogP contribution < -0.4 is 16.0 Å². The minimum absolute atomic E-state index is 0. The highest BCUT2D eigenvalue weighted by Crippen LogP contribution is 2.38. The van der Waals surface area contributed by atoms with Crippen LogP contribution in [0.3, 0.4) is 0 Å². The molecule has 27 heavy (non-hydrogen) atoms. The lowest BCUT2D eigenvalue weighted by atomic mass is 10.1. The number of carbonyl (C=O) groups is 2. The molecule has 142 valence electrons. The Labute approximate surface area is 165 Å². The van der Waals surface area contributed by atoms with Gasteiger partial charge in [0.15, 0.2) is 0 Å². The molecule has 2 aliphatic rings. The van der Waals surface area contributed by atoms with E-state index in [1.807, 2.05) is 6.07 Å². The van der Waals surface area contributed by atoms with Crippen molar-refractivity contribution in [2.75, 3.05) is 5.32 Å². The molecular formula is C21H24ClN3O2. The van der Waals surface area contributed by atoms with E-state index in [4.69, 9.17) is 0 Å². The van der Waals surface area contributed by atoms with Crippen molar-refractivity contribution in [1.82, 2.24) is 10.6 Å². The van der Waals surface area contributed by atoms with Gasteiger partial charge in [0.2, 0.25) is 5.91 Å². The van der Waals surface area contributed by atoms with Crippen molar-refractivity contribution >= 4 is 29.9 Å². The van der Waals surface area contributed by atoms with Crippen molar-refractivity contribution in [3.05, 3.63) is 64.7 Å². The third kappa shape index (κ3) is 4.49. The number of rotatable bonds is 5. The Morgan fingerprint density at radius 3 is 2.67 bits per heavy atom. The van der Waals surface area contributed by atoms with Gasteiger partial charge in [-0.25, -0.2) is 0 Å². The molecule has 2 amide bonds. The van der Waals surface area contributed by atoms with Crippen LogP contribution in [0, 0.1) is 11.8 Å². The van der Waals surface area contributed by atoms with Crippen LogP contribution in [0.5, 0.6) is 0 Å². The van der Waals surface area contributed by atoms with E-state index >= 15 is 0 Å². The summed E-state index contributed by atoms with van der Waals surface area (Å²) in [6, 6.07) is 13.4. The van der Waals surface area contributed by atoms with Crippen LogP contribution in [0.25, 0.3) is 0 Å². The van der Waals surface area contributed by atoms with E-state index in [0.717, 1.165) is 25.1 Å². The molecule has 1 fully saturated rings. The van der Waals surface area contributed by atoms with Crippen LogP contribution in [0.2, 0.25) is 0 Å². The van der Waals surface area contributed by atoms with Crippen LogP contribution in [-0.2, 0) is 24.4 Å². The molecule has 4 rings (SSSR count). The summed E-state index contributed by atoms with van der Waals surface area (Å²) in [6.07, 6.45) is 0.947. The molecule has 1 saturated carbocycles. The summed E-state index contributed by atoms with van der Waals surface area (Å²) >= 11 is 0. The van der Waals surface area contributed by atoms with E-state index in [0.29, 0.717) is 23.7 Å². The second-order valence-electron chi connectivity index (χ2n) is 7.28. The second kappa shape index (κ2) is 8.11. The number of carbonyl (C=O) groups excluding carboxylic acids is 2. The largest absolute Gasteiger partial charge is 0.348 e. The minimum atomic E-state index is -0.139. The average molecular weight is 386 g/mol. The Kier molecular flexibility index (Phi) is 5.82. The summed E-state index contributed by atoms with van der Waals surface area (Å²) in [4.78, 5) is 24.5. The minimum Gasteiger partial charge on any atom is -0.348 e. The predicted octanol–water partition coefficient (Wildman–Crippen LogP) is 3.24. The van der Waals surface area contributed by atoms with Crippen LogP contribution in [0.4, 0.5) is 5.69 Å². The van der Waals surface area contributed by atoms with Gasteiger partial charge in [-0.05, 0) is 47.2 Å². The number of halogens is 1. The molecule has 2 unspecified atom stereocenters. The molecule has 0 spiro atoms. The first-order chi connectivity index (χ1) is 12.6. The first kappa shape index (κ1) is 19.4. The summed E-state index contributed by atoms with van der Waals surface area (Å²) in [5, 5.41) is 9.18. The van der Waals surface area contributed by atoms with Gasteiger partial charge in [0.05, 0.1) is 0 Å². The third-order valence-electron chi connectivity index (χ3n) is 5.19. The van der Waals surface area contributed by atoms with Gasteiger partial charge in [-0.2, -0.15) is 0 Å². The lowest BCUT2D eigenvalue weighted by Gasteiger charge is -2.09. The van der Waals surface area contributed by atoms with E-state index in [9.17, 15) is 9.59 Å². The van der Waals surface area contributed by atoms with Gasteiger partial charge in [-0.1, -0.05) is 31.2 Å². The van der Waals surface area contributed by atoms with Crippen LogP contribution in [-0.4, -0.2) is 11.8 Å². The first-order valence-electron chi connectivity index (χ1n) is 9.10. The third-order valence-corrected chi connectivity index (χ3v) is 5.19. The fourth-order valence-corrected chi connectivity index (χ4v) is 3.40. The zero-order valence-electron chi connectivity index (χ0n) is 15.2. The zero-order valence-corrected chi connectivity index (χ0v) is 16.1. The standard InChI is InChI=1S/C21H23N3O2.ClH/c1-13-7-19(13)21(26)24-18-4-2-3-15(9-18)20(25)23-10-14-5-6-16-11-22-12-17(16)8-14;/h2-6,8-9,13,19,22H,7,10-12H2,1H3,(H,23,25)(H,24,26);1H. The highest BCUT2D eigenvalue weighted by atomic mass is 35.5. The Bertz CT molecular complexity index is 868. The van der Waals surface area contributed by atoms with Gasteiger partial charge in [0.25, 0.3) is 5.91 Å². The normalized spacial score (nSPS) is 19.6. The highest BCUT2D eigenvalue weighted by molar-refractivity contribution is 5.98. The number of nitrogens with one attached hydrogen (secondary N) is 3. The van der Waals surface area contributed by atoms with Gasteiger partial charge < -0.3 is 16.0 Å². The van der Waals surface area contributed by atoms with Crippen molar-refractivity contribution in [1.29, 1.82) is 0 Å². The Hall–Kier alpha value is -2.37. The van der Waals surface area contributed by atoms with E-state index in [2.05, 4.69) is 41.1 Å². The number of amides is 2. The molecule has 2 aromatic carbocycles. The average Bonchev–Trinajstić information content (AvgIpc) is 3.20. The number of anilines is 1. The molecule has 1 aliphatic carbocycles. The molecule has 1 aliphatic heterocycles. The van der Waals surface area contributed by atoms with E-state index < -0.39 is 0 Å². The zero-order chi connectivity index (χ0) is 18.1. The van der Waals surface area contributed by atoms with Crippen molar-refractivity contribution in [2.45, 2.75) is 33.0 Å². The highest BCUT2D eigenvalue weighted by Gasteiger charge is 2.39. The predicted molar refractivity (Wildman–Crippen MR) is 108 cm³/mol. The van der Waals surface area contributed by atoms with Crippen molar-refractivity contribution < 1.29 is 9.59 Å². The maximum Gasteiger partial charge on any atom is 0.251 e. The summed E-state index contributed by atoms with van der Waals surface area (Å²) in [6.45, 7) is 4.37. The number of benzene rings is 2. The monoisotopic (exact) mass is 385 g/mol. The van der Waals surface area contributed by atoms with Crippen LogP contribution >= 0.6 is 12.4 Å². The van der Waals surface area contributed by atoms with Crippen molar-refractivity contribution in [3.63, 3.8) is 0 Å². The summed E-state index contributed by atoms with van der Waals surface area (Å²) in [5.41, 5.74) is 4.94. The number of fused-ring (bicyclic) bond motifs is 1. The fraction of sp³-hybridized carbons (Fsp3) is 0.333. The van der Waals surface area contributed by atoms with Gasteiger partial charge in [0, 0.05) is 36.8 Å². The molecule has 0 bridgehead atoms. The molecule has 1 heterocycles. The lowest BCUT2D eigenvalue weighted by Crippen LogP contribution is -2.23. The first-order valence-corrected chi connectivity index (χ1v) is 9.10. The summed E-state index contributed by atoms with van der Waals surface area (Å²) < 4.78 is 0. The molecule has 0 aromatic heterocycles. The van der Waals surface area contributed by atoms with E-state index in [1.165, 1.54) is 11.1 Å². The molecule has 2 atom stereocenters. The maximum atomic E-state index is 12.5. The summed E-state index contributed by atoms with van der Waals surface area (Å²) in [7, 11) is 0. The second-order valence-corrected chi connectivity index (χ2v) is 7.28. The molecular weight excluding hydrogens is 362 g/mol. The molecule has 6 heteroatoms. The van der Waals surface area contributed by atoms with Crippen molar-refractivity contribution in [3.8, 4) is 0 Å². The molecule has 0 radical (unpaired) electrons. The topological polar surface area (TPSA) is 70.2 Å². The maximum absolute atomic E-state index is 12.5. The van der Waals surface area contributed by atoms with Crippen LogP contribution in [0.1, 0.15) is 40.4 Å². The molecule has 0 saturated heterocycles. The van der Waals surface area contributed by atoms with Gasteiger partial charge in [0.1, 0.15) is 0 Å². The number of hydrogen-bond donors (Lipinski definition) is 3. The fourth-order valence-electron chi connectivity index (χ4n) is 3.40. The molecule has 3 N–H and O–H groups in total. The van der Waals surface area contributed by atoms with Crippen LogP contribution in [0.15, 0.2) is 42.5 Å². The number of hydrogen-bond acceptors (Lipinski definition) is 3. The smallest absolute Gasteiger partial charge is 0.251 e. The summed E-state index contributed by atoms with van der Waals surface area (Å²) in [5.74, 6) is 0.479. The Morgan fingerprint density at radius 2 is 1.89 bits per heavy atom. The SMILES string of the molecule is CC1CC1C(=O)Nc1cccc(C(=O)NCc2ccc3c(c2)CNC3)c1.Cl.